The second kappa shape index (κ2) is 6.56. The van der Waals surface area contributed by atoms with E-state index < -0.39 is 0 Å². The first-order valence-corrected chi connectivity index (χ1v) is 8.13. The van der Waals surface area contributed by atoms with E-state index in [9.17, 15) is 0 Å². The van der Waals surface area contributed by atoms with Gasteiger partial charge in [-0.3, -0.25) is 4.90 Å². The molecule has 0 bridgehead atoms. The Labute approximate surface area is 129 Å². The minimum Gasteiger partial charge on any atom is -0.497 e. The van der Waals surface area contributed by atoms with E-state index in [1.165, 1.54) is 21.1 Å². The van der Waals surface area contributed by atoms with Gasteiger partial charge >= 0.3 is 0 Å². The summed E-state index contributed by atoms with van der Waals surface area (Å²) in [5, 5.41) is 1.21. The molecule has 0 spiro atoms. The number of nitrogens with two attached hydrogens (primary N) is 1. The number of rotatable bonds is 5. The first kappa shape index (κ1) is 14.5. The van der Waals surface area contributed by atoms with Crippen molar-refractivity contribution in [2.75, 3.05) is 26.7 Å². The van der Waals surface area contributed by atoms with Gasteiger partial charge in [0.2, 0.25) is 0 Å². The highest BCUT2D eigenvalue weighted by Gasteiger charge is 2.20. The molecule has 2 aromatic rings. The molecule has 1 aromatic carbocycles. The summed E-state index contributed by atoms with van der Waals surface area (Å²) in [6.07, 6.45) is 1.95. The van der Waals surface area contributed by atoms with Gasteiger partial charge in [0.1, 0.15) is 5.75 Å². The lowest BCUT2D eigenvalue weighted by Crippen LogP contribution is -2.33. The van der Waals surface area contributed by atoms with E-state index in [4.69, 9.17) is 15.5 Å². The van der Waals surface area contributed by atoms with Crippen molar-refractivity contribution in [2.24, 2.45) is 5.73 Å². The number of nitrogens with zero attached hydrogens (tertiary/aromatic N) is 2. The highest BCUT2D eigenvalue weighted by Crippen LogP contribution is 2.26. The van der Waals surface area contributed by atoms with Crippen molar-refractivity contribution >= 4 is 11.3 Å². The third-order valence-corrected chi connectivity index (χ3v) is 4.90. The average Bonchev–Trinajstić information content (AvgIpc) is 2.90. The number of methoxy groups -OCH3 is 1. The quantitative estimate of drug-likeness (QED) is 0.918. The fourth-order valence-corrected chi connectivity index (χ4v) is 3.86. The van der Waals surface area contributed by atoms with E-state index >= 15 is 0 Å². The summed E-state index contributed by atoms with van der Waals surface area (Å²) >= 11 is 1.84. The summed E-state index contributed by atoms with van der Waals surface area (Å²) in [6, 6.07) is 8.23. The van der Waals surface area contributed by atoms with Crippen LogP contribution < -0.4 is 10.5 Å². The summed E-state index contributed by atoms with van der Waals surface area (Å²) in [4.78, 5) is 8.64. The molecule has 0 saturated heterocycles. The van der Waals surface area contributed by atoms with Crippen LogP contribution >= 0.6 is 11.3 Å². The molecular weight excluding hydrogens is 282 g/mol. The molecular formula is C16H21N3OS. The van der Waals surface area contributed by atoms with E-state index in [2.05, 4.69) is 17.0 Å². The Morgan fingerprint density at radius 2 is 2.14 bits per heavy atom. The van der Waals surface area contributed by atoms with Crippen LogP contribution in [-0.2, 0) is 19.4 Å². The van der Waals surface area contributed by atoms with Gasteiger partial charge in [-0.25, -0.2) is 4.98 Å². The topological polar surface area (TPSA) is 51.4 Å². The van der Waals surface area contributed by atoms with Crippen LogP contribution in [0, 0.1) is 0 Å². The average molecular weight is 303 g/mol. The van der Waals surface area contributed by atoms with E-state index in [0.717, 1.165) is 44.8 Å². The fourth-order valence-electron chi connectivity index (χ4n) is 2.67. The lowest BCUT2D eigenvalue weighted by Gasteiger charge is -2.24. The lowest BCUT2D eigenvalue weighted by atomic mass is 10.1. The molecule has 4 nitrogen and oxygen atoms in total. The zero-order chi connectivity index (χ0) is 14.7. The van der Waals surface area contributed by atoms with Gasteiger partial charge in [0, 0.05) is 43.9 Å². The predicted molar refractivity (Wildman–Crippen MR) is 85.9 cm³/mol. The van der Waals surface area contributed by atoms with Crippen LogP contribution in [0.3, 0.4) is 0 Å². The number of fused-ring (bicyclic) bond motifs is 1. The Hall–Kier alpha value is -1.43. The molecule has 2 N–H and O–H groups in total. The van der Waals surface area contributed by atoms with Crippen molar-refractivity contribution in [3.05, 3.63) is 45.4 Å². The highest BCUT2D eigenvalue weighted by molar-refractivity contribution is 7.11. The zero-order valence-electron chi connectivity index (χ0n) is 12.3. The molecule has 3 rings (SSSR count). The molecule has 1 aliphatic rings. The Morgan fingerprint density at radius 1 is 1.33 bits per heavy atom. The summed E-state index contributed by atoms with van der Waals surface area (Å²) < 4.78 is 5.19. The number of hydrogen-bond donors (Lipinski definition) is 1. The highest BCUT2D eigenvalue weighted by atomic mass is 32.1. The summed E-state index contributed by atoms with van der Waals surface area (Å²) in [7, 11) is 1.69. The Balaban J connectivity index is 1.70. The standard InChI is InChI=1S/C16H21N3OS/c1-20-13-4-2-12(3-5-13)10-16-18-14-6-8-19(9-7-17)11-15(14)21-16/h2-5H,6-11,17H2,1H3. The number of thiazole rings is 1. The molecule has 2 heterocycles. The first-order valence-electron chi connectivity index (χ1n) is 7.31. The molecule has 0 aliphatic carbocycles. The Bertz CT molecular complexity index is 594. The van der Waals surface area contributed by atoms with Gasteiger partial charge in [0.25, 0.3) is 0 Å². The summed E-state index contributed by atoms with van der Waals surface area (Å²) in [6.45, 7) is 3.79. The molecule has 5 heteroatoms. The first-order chi connectivity index (χ1) is 10.3. The second-order valence-corrected chi connectivity index (χ2v) is 6.49. The molecule has 0 saturated carbocycles. The van der Waals surface area contributed by atoms with Crippen LogP contribution in [-0.4, -0.2) is 36.6 Å². The Morgan fingerprint density at radius 3 is 2.86 bits per heavy atom. The number of benzene rings is 1. The molecule has 112 valence electrons. The van der Waals surface area contributed by atoms with Crippen molar-refractivity contribution < 1.29 is 4.74 Å². The van der Waals surface area contributed by atoms with Crippen LogP contribution in [0.1, 0.15) is 21.1 Å². The maximum Gasteiger partial charge on any atom is 0.118 e. The van der Waals surface area contributed by atoms with E-state index in [1.807, 2.05) is 23.5 Å². The third-order valence-electron chi connectivity index (χ3n) is 3.81. The minimum atomic E-state index is 0.729. The van der Waals surface area contributed by atoms with Crippen LogP contribution in [0.4, 0.5) is 0 Å². The molecule has 0 unspecified atom stereocenters. The van der Waals surface area contributed by atoms with Crippen LogP contribution in [0.5, 0.6) is 5.75 Å². The van der Waals surface area contributed by atoms with Crippen LogP contribution in [0.25, 0.3) is 0 Å². The SMILES string of the molecule is COc1ccc(Cc2nc3c(s2)CN(CCN)CC3)cc1. The summed E-state index contributed by atoms with van der Waals surface area (Å²) in [5.41, 5.74) is 8.21. The van der Waals surface area contributed by atoms with Crippen molar-refractivity contribution in [1.29, 1.82) is 0 Å². The molecule has 1 aromatic heterocycles. The predicted octanol–water partition coefficient (Wildman–Crippen LogP) is 2.06. The maximum atomic E-state index is 5.65. The van der Waals surface area contributed by atoms with Crippen LogP contribution in [0.15, 0.2) is 24.3 Å². The molecule has 0 fully saturated rings. The molecule has 0 atom stereocenters. The van der Waals surface area contributed by atoms with Gasteiger partial charge < -0.3 is 10.5 Å². The van der Waals surface area contributed by atoms with E-state index in [-0.39, 0.29) is 0 Å². The van der Waals surface area contributed by atoms with Crippen molar-refractivity contribution in [3.63, 3.8) is 0 Å². The van der Waals surface area contributed by atoms with E-state index in [0.29, 0.717) is 0 Å². The monoisotopic (exact) mass is 303 g/mol. The molecule has 0 radical (unpaired) electrons. The van der Waals surface area contributed by atoms with Gasteiger partial charge in [0.15, 0.2) is 0 Å². The third kappa shape index (κ3) is 3.43. The van der Waals surface area contributed by atoms with Gasteiger partial charge in [-0.1, -0.05) is 12.1 Å². The largest absolute Gasteiger partial charge is 0.497 e. The van der Waals surface area contributed by atoms with Gasteiger partial charge in [0.05, 0.1) is 17.8 Å². The van der Waals surface area contributed by atoms with E-state index in [1.54, 1.807) is 7.11 Å². The smallest absolute Gasteiger partial charge is 0.118 e. The number of ether oxygens (including phenoxy) is 1. The molecule has 0 amide bonds. The number of aromatic nitrogens is 1. The second-order valence-electron chi connectivity index (χ2n) is 5.32. The van der Waals surface area contributed by atoms with Crippen molar-refractivity contribution in [1.82, 2.24) is 9.88 Å². The van der Waals surface area contributed by atoms with Gasteiger partial charge in [-0.05, 0) is 17.7 Å². The van der Waals surface area contributed by atoms with Crippen LogP contribution in [0.2, 0.25) is 0 Å². The minimum absolute atomic E-state index is 0.729. The summed E-state index contributed by atoms with van der Waals surface area (Å²) in [5.74, 6) is 0.898. The van der Waals surface area contributed by atoms with Gasteiger partial charge in [-0.15, -0.1) is 11.3 Å². The van der Waals surface area contributed by atoms with Gasteiger partial charge in [-0.2, -0.15) is 0 Å². The Kier molecular flexibility index (Phi) is 4.53. The lowest BCUT2D eigenvalue weighted by molar-refractivity contribution is 0.263. The van der Waals surface area contributed by atoms with Crippen molar-refractivity contribution in [2.45, 2.75) is 19.4 Å². The van der Waals surface area contributed by atoms with Crippen molar-refractivity contribution in [3.8, 4) is 5.75 Å². The fraction of sp³-hybridized carbons (Fsp3) is 0.438. The zero-order valence-corrected chi connectivity index (χ0v) is 13.2. The number of hydrogen-bond acceptors (Lipinski definition) is 5. The maximum absolute atomic E-state index is 5.65. The molecule has 21 heavy (non-hydrogen) atoms. The normalized spacial score (nSPS) is 15.0. The molecule has 1 aliphatic heterocycles.